The molecule has 108 valence electrons. The summed E-state index contributed by atoms with van der Waals surface area (Å²) in [5.74, 6) is 0.833. The Balaban J connectivity index is 1.94. The molecule has 0 saturated carbocycles. The summed E-state index contributed by atoms with van der Waals surface area (Å²) in [4.78, 5) is 22.7. The van der Waals surface area contributed by atoms with Crippen LogP contribution in [0, 0.1) is 6.92 Å². The Bertz CT molecular complexity index is 672. The van der Waals surface area contributed by atoms with Gasteiger partial charge in [-0.1, -0.05) is 0 Å². The van der Waals surface area contributed by atoms with Crippen molar-refractivity contribution < 1.29 is 14.0 Å². The number of hydrogen-bond acceptors (Lipinski definition) is 4. The van der Waals surface area contributed by atoms with Gasteiger partial charge in [0.2, 0.25) is 5.91 Å². The molecule has 0 saturated heterocycles. The summed E-state index contributed by atoms with van der Waals surface area (Å²) in [5.41, 5.74) is 3.47. The molecule has 1 aromatic heterocycles. The number of nitrogens with one attached hydrogen (secondary N) is 2. The van der Waals surface area contributed by atoms with Crippen molar-refractivity contribution in [3.05, 3.63) is 53.5 Å². The molecule has 0 fully saturated rings. The molecule has 0 radical (unpaired) electrons. The fraction of sp³-hybridized carbons (Fsp3) is 0.133. The zero-order valence-corrected chi connectivity index (χ0v) is 11.7. The quantitative estimate of drug-likeness (QED) is 0.668. The van der Waals surface area contributed by atoms with Crippen molar-refractivity contribution in [1.29, 1.82) is 0 Å². The van der Waals surface area contributed by atoms with Gasteiger partial charge in [0.15, 0.2) is 0 Å². The van der Waals surface area contributed by atoms with Crippen LogP contribution >= 0.6 is 0 Å². The molecule has 0 aliphatic heterocycles. The van der Waals surface area contributed by atoms with Crippen molar-refractivity contribution in [2.45, 2.75) is 13.8 Å². The molecule has 2 rings (SSSR count). The maximum Gasteiger partial charge on any atom is 0.271 e. The van der Waals surface area contributed by atoms with E-state index in [2.05, 4.69) is 15.8 Å². The molecule has 6 nitrogen and oxygen atoms in total. The van der Waals surface area contributed by atoms with E-state index in [4.69, 9.17) is 4.42 Å². The second kappa shape index (κ2) is 6.51. The fourth-order valence-corrected chi connectivity index (χ4v) is 1.65. The van der Waals surface area contributed by atoms with Crippen LogP contribution in [0.3, 0.4) is 0 Å². The Hall–Kier alpha value is -2.89. The van der Waals surface area contributed by atoms with Crippen molar-refractivity contribution in [2.24, 2.45) is 5.10 Å². The molecule has 2 amide bonds. The number of amides is 2. The standard InChI is InChI=1S/C15H15N3O3/c1-10-3-8-14(21-10)9-16-18-15(20)12-4-6-13(7-5-12)17-11(2)19/h3-9H,1-2H3,(H,17,19)(H,18,20)/b16-9-. The summed E-state index contributed by atoms with van der Waals surface area (Å²) in [6.07, 6.45) is 1.43. The summed E-state index contributed by atoms with van der Waals surface area (Å²) in [7, 11) is 0. The van der Waals surface area contributed by atoms with Gasteiger partial charge in [0.1, 0.15) is 11.5 Å². The van der Waals surface area contributed by atoms with Crippen molar-refractivity contribution >= 4 is 23.7 Å². The van der Waals surface area contributed by atoms with E-state index in [-0.39, 0.29) is 11.8 Å². The van der Waals surface area contributed by atoms with E-state index in [1.54, 1.807) is 30.3 Å². The summed E-state index contributed by atoms with van der Waals surface area (Å²) >= 11 is 0. The van der Waals surface area contributed by atoms with E-state index in [0.29, 0.717) is 17.0 Å². The third-order valence-corrected chi connectivity index (χ3v) is 2.59. The number of aryl methyl sites for hydroxylation is 1. The predicted octanol–water partition coefficient (Wildman–Crippen LogP) is 2.31. The Morgan fingerprint density at radius 3 is 2.43 bits per heavy atom. The first-order valence-corrected chi connectivity index (χ1v) is 6.32. The number of rotatable bonds is 4. The lowest BCUT2D eigenvalue weighted by molar-refractivity contribution is -0.114. The topological polar surface area (TPSA) is 83.7 Å². The lowest BCUT2D eigenvalue weighted by atomic mass is 10.2. The third-order valence-electron chi connectivity index (χ3n) is 2.59. The second-order valence-electron chi connectivity index (χ2n) is 4.41. The third kappa shape index (κ3) is 4.31. The second-order valence-corrected chi connectivity index (χ2v) is 4.41. The van der Waals surface area contributed by atoms with Crippen LogP contribution in [0.15, 0.2) is 45.9 Å². The SMILES string of the molecule is CC(=O)Nc1ccc(C(=O)N/N=C\c2ccc(C)o2)cc1. The average molecular weight is 285 g/mol. The van der Waals surface area contributed by atoms with Gasteiger partial charge in [0.25, 0.3) is 5.91 Å². The van der Waals surface area contributed by atoms with Crippen LogP contribution in [0.4, 0.5) is 5.69 Å². The van der Waals surface area contributed by atoms with Gasteiger partial charge < -0.3 is 9.73 Å². The van der Waals surface area contributed by atoms with Crippen LogP contribution in [0.25, 0.3) is 0 Å². The lowest BCUT2D eigenvalue weighted by Gasteiger charge is -2.03. The molecule has 1 heterocycles. The molecule has 0 atom stereocenters. The lowest BCUT2D eigenvalue weighted by Crippen LogP contribution is -2.17. The van der Waals surface area contributed by atoms with Gasteiger partial charge in [0.05, 0.1) is 6.21 Å². The van der Waals surface area contributed by atoms with E-state index in [9.17, 15) is 9.59 Å². The smallest absolute Gasteiger partial charge is 0.271 e. The highest BCUT2D eigenvalue weighted by Crippen LogP contribution is 2.09. The van der Waals surface area contributed by atoms with Gasteiger partial charge in [-0.05, 0) is 43.3 Å². The van der Waals surface area contributed by atoms with Gasteiger partial charge >= 0.3 is 0 Å². The van der Waals surface area contributed by atoms with E-state index < -0.39 is 0 Å². The average Bonchev–Trinajstić information content (AvgIpc) is 2.84. The van der Waals surface area contributed by atoms with E-state index >= 15 is 0 Å². The Morgan fingerprint density at radius 2 is 1.86 bits per heavy atom. The van der Waals surface area contributed by atoms with Crippen LogP contribution in [-0.2, 0) is 4.79 Å². The number of nitrogens with zero attached hydrogens (tertiary/aromatic N) is 1. The summed E-state index contributed by atoms with van der Waals surface area (Å²) in [6, 6.07) is 10.1. The van der Waals surface area contributed by atoms with Gasteiger partial charge in [0, 0.05) is 18.2 Å². The van der Waals surface area contributed by atoms with E-state index in [1.807, 2.05) is 13.0 Å². The predicted molar refractivity (Wildman–Crippen MR) is 79.3 cm³/mol. The molecule has 0 spiro atoms. The zero-order valence-electron chi connectivity index (χ0n) is 11.7. The molecular weight excluding hydrogens is 270 g/mol. The number of carbonyl (C=O) groups is 2. The summed E-state index contributed by atoms with van der Waals surface area (Å²) in [6.45, 7) is 3.25. The number of anilines is 1. The van der Waals surface area contributed by atoms with E-state index in [0.717, 1.165) is 5.76 Å². The first-order valence-electron chi connectivity index (χ1n) is 6.32. The maximum absolute atomic E-state index is 11.8. The van der Waals surface area contributed by atoms with Gasteiger partial charge in [-0.2, -0.15) is 5.10 Å². The van der Waals surface area contributed by atoms with Crippen LogP contribution in [0.2, 0.25) is 0 Å². The van der Waals surface area contributed by atoms with Gasteiger partial charge in [-0.15, -0.1) is 0 Å². The van der Waals surface area contributed by atoms with Crippen LogP contribution in [0.1, 0.15) is 28.8 Å². The highest BCUT2D eigenvalue weighted by atomic mass is 16.3. The van der Waals surface area contributed by atoms with Crippen LogP contribution in [0.5, 0.6) is 0 Å². The first-order chi connectivity index (χ1) is 10.0. The van der Waals surface area contributed by atoms with Crippen LogP contribution in [-0.4, -0.2) is 18.0 Å². The van der Waals surface area contributed by atoms with E-state index in [1.165, 1.54) is 13.1 Å². The van der Waals surface area contributed by atoms with Crippen LogP contribution < -0.4 is 10.7 Å². The number of hydrazone groups is 1. The molecular formula is C15H15N3O3. The Labute approximate surface area is 121 Å². The summed E-state index contributed by atoms with van der Waals surface area (Å²) in [5, 5.41) is 6.44. The molecule has 0 bridgehead atoms. The molecule has 6 heteroatoms. The minimum absolute atomic E-state index is 0.162. The number of carbonyl (C=O) groups excluding carboxylic acids is 2. The van der Waals surface area contributed by atoms with Gasteiger partial charge in [-0.3, -0.25) is 9.59 Å². The Kier molecular flexibility index (Phi) is 4.50. The zero-order chi connectivity index (χ0) is 15.2. The van der Waals surface area contributed by atoms with Gasteiger partial charge in [-0.25, -0.2) is 5.43 Å². The highest BCUT2D eigenvalue weighted by molar-refractivity contribution is 5.95. The van der Waals surface area contributed by atoms with Crippen molar-refractivity contribution in [1.82, 2.24) is 5.43 Å². The molecule has 0 aliphatic rings. The number of hydrogen-bond donors (Lipinski definition) is 2. The monoisotopic (exact) mass is 285 g/mol. The molecule has 21 heavy (non-hydrogen) atoms. The number of furan rings is 1. The fourth-order valence-electron chi connectivity index (χ4n) is 1.65. The van der Waals surface area contributed by atoms with Crippen molar-refractivity contribution in [3.8, 4) is 0 Å². The van der Waals surface area contributed by atoms with Crippen molar-refractivity contribution in [3.63, 3.8) is 0 Å². The first kappa shape index (κ1) is 14.5. The molecule has 2 N–H and O–H groups in total. The normalized spacial score (nSPS) is 10.6. The van der Waals surface area contributed by atoms with Crippen molar-refractivity contribution in [2.75, 3.05) is 5.32 Å². The molecule has 0 aliphatic carbocycles. The molecule has 2 aromatic rings. The summed E-state index contributed by atoms with van der Waals surface area (Å²) < 4.78 is 5.28. The largest absolute Gasteiger partial charge is 0.460 e. The maximum atomic E-state index is 11.8. The highest BCUT2D eigenvalue weighted by Gasteiger charge is 2.04. The molecule has 1 aromatic carbocycles. The molecule has 0 unspecified atom stereocenters. The number of benzene rings is 1. The minimum Gasteiger partial charge on any atom is -0.460 e. The Morgan fingerprint density at radius 1 is 1.14 bits per heavy atom. The minimum atomic E-state index is -0.344.